The van der Waals surface area contributed by atoms with E-state index in [4.69, 9.17) is 4.74 Å². The molecule has 7 nitrogen and oxygen atoms in total. The van der Waals surface area contributed by atoms with E-state index in [1.54, 1.807) is 36.4 Å². The van der Waals surface area contributed by atoms with Crippen LogP contribution in [0.1, 0.15) is 21.5 Å². The second-order valence-electron chi connectivity index (χ2n) is 8.51. The summed E-state index contributed by atoms with van der Waals surface area (Å²) in [4.78, 5) is 19.4. The Balaban J connectivity index is 1.74. The zero-order valence-corrected chi connectivity index (χ0v) is 21.0. The molecule has 0 spiro atoms. The smallest absolute Gasteiger partial charge is 0.340 e. The molecule has 186 valence electrons. The van der Waals surface area contributed by atoms with Crippen molar-refractivity contribution >= 4 is 32.7 Å². The third-order valence-corrected chi connectivity index (χ3v) is 7.80. The lowest BCUT2D eigenvalue weighted by Crippen LogP contribution is -2.25. The number of carbonyl (C=O) groups is 1. The molecule has 5 rings (SSSR count). The van der Waals surface area contributed by atoms with Crippen molar-refractivity contribution in [2.24, 2.45) is 0 Å². The van der Waals surface area contributed by atoms with Crippen molar-refractivity contribution in [3.8, 4) is 0 Å². The van der Waals surface area contributed by atoms with Gasteiger partial charge in [-0.15, -0.1) is 0 Å². The van der Waals surface area contributed by atoms with Gasteiger partial charge in [0.05, 0.1) is 17.6 Å². The highest BCUT2D eigenvalue weighted by Gasteiger charge is 2.26. The Morgan fingerprint density at radius 1 is 0.838 bits per heavy atom. The Hall–Kier alpha value is -4.43. The molecule has 0 aliphatic rings. The van der Waals surface area contributed by atoms with Crippen molar-refractivity contribution in [1.29, 1.82) is 0 Å². The van der Waals surface area contributed by atoms with E-state index >= 15 is 0 Å². The van der Waals surface area contributed by atoms with E-state index in [9.17, 15) is 13.2 Å². The van der Waals surface area contributed by atoms with E-state index in [1.165, 1.54) is 23.5 Å². The molecule has 5 aromatic rings. The summed E-state index contributed by atoms with van der Waals surface area (Å²) >= 11 is 0. The number of fused-ring (bicyclic) bond motifs is 1. The summed E-state index contributed by atoms with van der Waals surface area (Å²) in [6.45, 7) is 0.956. The molecule has 0 aliphatic heterocycles. The van der Waals surface area contributed by atoms with E-state index in [0.29, 0.717) is 29.8 Å². The minimum absolute atomic E-state index is 0.139. The average Bonchev–Trinajstić information content (AvgIpc) is 3.40. The highest BCUT2D eigenvalue weighted by Crippen LogP contribution is 2.33. The number of methoxy groups -OCH3 is 1. The highest BCUT2D eigenvalue weighted by atomic mass is 32.2. The Labute approximate surface area is 215 Å². The molecule has 2 heterocycles. The van der Waals surface area contributed by atoms with E-state index in [0.717, 1.165) is 11.1 Å². The van der Waals surface area contributed by atoms with Crippen molar-refractivity contribution < 1.29 is 17.9 Å². The Kier molecular flexibility index (Phi) is 6.74. The maximum atomic E-state index is 13.8. The van der Waals surface area contributed by atoms with Gasteiger partial charge in [0.25, 0.3) is 10.0 Å². The van der Waals surface area contributed by atoms with Crippen molar-refractivity contribution in [3.63, 3.8) is 0 Å². The maximum Gasteiger partial charge on any atom is 0.340 e. The second kappa shape index (κ2) is 10.3. The first-order valence-corrected chi connectivity index (χ1v) is 13.1. The Bertz CT molecular complexity index is 1590. The van der Waals surface area contributed by atoms with E-state index < -0.39 is 16.0 Å². The van der Waals surface area contributed by atoms with Crippen LogP contribution in [0.15, 0.2) is 114 Å². The van der Waals surface area contributed by atoms with Crippen molar-refractivity contribution in [2.75, 3.05) is 12.0 Å². The van der Waals surface area contributed by atoms with Crippen LogP contribution < -0.4 is 4.90 Å². The van der Waals surface area contributed by atoms with Gasteiger partial charge in [-0.1, -0.05) is 78.9 Å². The normalized spacial score (nSPS) is 11.4. The zero-order chi connectivity index (χ0) is 25.8. The highest BCUT2D eigenvalue weighted by molar-refractivity contribution is 7.90. The molecular weight excluding hydrogens is 486 g/mol. The molecule has 0 amide bonds. The third kappa shape index (κ3) is 4.83. The summed E-state index contributed by atoms with van der Waals surface area (Å²) < 4.78 is 33.7. The van der Waals surface area contributed by atoms with E-state index in [1.807, 2.05) is 65.6 Å². The zero-order valence-electron chi connectivity index (χ0n) is 20.2. The van der Waals surface area contributed by atoms with Crippen molar-refractivity contribution in [2.45, 2.75) is 18.0 Å². The van der Waals surface area contributed by atoms with Gasteiger partial charge in [-0.3, -0.25) is 0 Å². The first-order chi connectivity index (χ1) is 18.0. The van der Waals surface area contributed by atoms with Crippen LogP contribution in [0.2, 0.25) is 0 Å². The first-order valence-electron chi connectivity index (χ1n) is 11.7. The number of rotatable bonds is 8. The van der Waals surface area contributed by atoms with Gasteiger partial charge in [0, 0.05) is 30.9 Å². The van der Waals surface area contributed by atoms with Gasteiger partial charge in [-0.05, 0) is 29.3 Å². The number of hydrogen-bond acceptors (Lipinski definition) is 6. The number of hydrogen-bond donors (Lipinski definition) is 0. The second-order valence-corrected chi connectivity index (χ2v) is 10.3. The topological polar surface area (TPSA) is 81.5 Å². The minimum Gasteiger partial charge on any atom is -0.465 e. The van der Waals surface area contributed by atoms with Gasteiger partial charge in [0.2, 0.25) is 0 Å². The van der Waals surface area contributed by atoms with Crippen LogP contribution >= 0.6 is 0 Å². The minimum atomic E-state index is -3.98. The Morgan fingerprint density at radius 2 is 1.38 bits per heavy atom. The number of benzene rings is 3. The molecule has 0 saturated carbocycles. The third-order valence-electron chi connectivity index (χ3n) is 6.11. The van der Waals surface area contributed by atoms with Crippen LogP contribution in [0.4, 0.5) is 5.82 Å². The summed E-state index contributed by atoms with van der Waals surface area (Å²) in [6, 6.07) is 29.6. The number of nitrogens with zero attached hydrogens (tertiary/aromatic N) is 3. The quantitative estimate of drug-likeness (QED) is 0.264. The first kappa shape index (κ1) is 24.3. The molecule has 0 saturated heterocycles. The molecule has 0 N–H and O–H groups in total. The molecule has 0 unspecified atom stereocenters. The summed E-state index contributed by atoms with van der Waals surface area (Å²) in [5.41, 5.74) is 2.59. The fourth-order valence-electron chi connectivity index (χ4n) is 4.33. The number of aromatic nitrogens is 2. The lowest BCUT2D eigenvalue weighted by molar-refractivity contribution is 0.0602. The van der Waals surface area contributed by atoms with E-state index in [-0.39, 0.29) is 10.5 Å². The van der Waals surface area contributed by atoms with Gasteiger partial charge in [-0.2, -0.15) is 0 Å². The summed E-state index contributed by atoms with van der Waals surface area (Å²) in [5.74, 6) is -0.142. The van der Waals surface area contributed by atoms with Crippen LogP contribution in [0.5, 0.6) is 0 Å². The number of esters is 1. The van der Waals surface area contributed by atoms with Gasteiger partial charge in [-0.25, -0.2) is 22.2 Å². The van der Waals surface area contributed by atoms with Crippen LogP contribution in [0.3, 0.4) is 0 Å². The molecule has 0 atom stereocenters. The van der Waals surface area contributed by atoms with Crippen molar-refractivity contribution in [1.82, 2.24) is 8.96 Å². The number of anilines is 1. The van der Waals surface area contributed by atoms with Crippen molar-refractivity contribution in [3.05, 3.63) is 126 Å². The monoisotopic (exact) mass is 511 g/mol. The predicted molar refractivity (Wildman–Crippen MR) is 143 cm³/mol. The molecule has 0 bridgehead atoms. The van der Waals surface area contributed by atoms with Gasteiger partial charge in [0.1, 0.15) is 5.52 Å². The maximum absolute atomic E-state index is 13.8. The molecular formula is C29H25N3O4S. The van der Waals surface area contributed by atoms with Gasteiger partial charge < -0.3 is 9.64 Å². The summed E-state index contributed by atoms with van der Waals surface area (Å²) in [7, 11) is -2.69. The lowest BCUT2D eigenvalue weighted by Gasteiger charge is -2.26. The van der Waals surface area contributed by atoms with Crippen LogP contribution in [0.25, 0.3) is 10.9 Å². The molecule has 3 aromatic carbocycles. The lowest BCUT2D eigenvalue weighted by atomic mass is 10.1. The molecule has 0 aliphatic carbocycles. The fraction of sp³-hybridized carbons (Fsp3) is 0.103. The molecule has 0 radical (unpaired) electrons. The van der Waals surface area contributed by atoms with Crippen LogP contribution in [-0.4, -0.2) is 30.5 Å². The standard InChI is InChI=1S/C29H25N3O4S/c1-36-29(33)26-19-30-28(27-25(26)17-18-32(27)37(34,35)24-15-9-4-10-16-24)31(20-22-11-5-2-6-12-22)21-23-13-7-3-8-14-23/h2-19H,20-21H2,1H3. The van der Waals surface area contributed by atoms with Crippen LogP contribution in [0, 0.1) is 0 Å². The van der Waals surface area contributed by atoms with Gasteiger partial charge in [0.15, 0.2) is 5.82 Å². The van der Waals surface area contributed by atoms with E-state index in [2.05, 4.69) is 4.98 Å². The SMILES string of the molecule is COC(=O)c1cnc(N(Cc2ccccc2)Cc2ccccc2)c2c1ccn2S(=O)(=O)c1ccccc1. The molecule has 0 fully saturated rings. The van der Waals surface area contributed by atoms with Crippen LogP contribution in [-0.2, 0) is 27.8 Å². The average molecular weight is 512 g/mol. The fourth-order valence-corrected chi connectivity index (χ4v) is 5.70. The molecule has 37 heavy (non-hydrogen) atoms. The largest absolute Gasteiger partial charge is 0.465 e. The summed E-state index contributed by atoms with van der Waals surface area (Å²) in [6.07, 6.45) is 2.92. The predicted octanol–water partition coefficient (Wildman–Crippen LogP) is 5.27. The van der Waals surface area contributed by atoms with Gasteiger partial charge >= 0.3 is 5.97 Å². The number of carbonyl (C=O) groups excluding carboxylic acids is 1. The Morgan fingerprint density at radius 3 is 1.92 bits per heavy atom. The summed E-state index contributed by atoms with van der Waals surface area (Å²) in [5, 5.41) is 0.447. The molecule has 8 heteroatoms. The number of ether oxygens (including phenoxy) is 1. The number of pyridine rings is 1. The molecule has 2 aromatic heterocycles.